The average Bonchev–Trinajstić information content (AvgIpc) is 2.56. The number of rotatable bonds is 3. The molecule has 0 saturated carbocycles. The molecule has 0 saturated heterocycles. The van der Waals surface area contributed by atoms with Gasteiger partial charge in [0.2, 0.25) is 0 Å². The normalized spacial score (nSPS) is 12.6. The van der Waals surface area contributed by atoms with Crippen molar-refractivity contribution in [2.75, 3.05) is 0 Å². The molecule has 1 heterocycles. The third-order valence-electron chi connectivity index (χ3n) is 3.44. The Bertz CT molecular complexity index is 1000. The van der Waals surface area contributed by atoms with Crippen LogP contribution in [-0.2, 0) is 0 Å². The fourth-order valence-electron chi connectivity index (χ4n) is 2.35. The number of hydrogen-bond donors (Lipinski definition) is 1. The Morgan fingerprint density at radius 1 is 1.17 bits per heavy atom. The summed E-state index contributed by atoms with van der Waals surface area (Å²) in [4.78, 5) is 19.3. The molecule has 24 heavy (non-hydrogen) atoms. The molecular weight excluding hydrogens is 343 g/mol. The topological polar surface area (TPSA) is 45.8 Å². The van der Waals surface area contributed by atoms with E-state index in [2.05, 4.69) is 9.97 Å². The van der Waals surface area contributed by atoms with Crippen LogP contribution >= 0.6 is 23.2 Å². The van der Waals surface area contributed by atoms with Crippen LogP contribution in [0.3, 0.4) is 0 Å². The van der Waals surface area contributed by atoms with Gasteiger partial charge >= 0.3 is 0 Å². The van der Waals surface area contributed by atoms with E-state index in [0.29, 0.717) is 26.8 Å². The Morgan fingerprint density at radius 3 is 2.67 bits per heavy atom. The van der Waals surface area contributed by atoms with Crippen LogP contribution in [0.5, 0.6) is 0 Å². The first-order valence-electron chi connectivity index (χ1n) is 7.33. The van der Waals surface area contributed by atoms with Gasteiger partial charge in [-0.15, -0.1) is 0 Å². The van der Waals surface area contributed by atoms with Crippen molar-refractivity contribution < 1.29 is 0 Å². The Kier molecular flexibility index (Phi) is 4.84. The Labute approximate surface area is 149 Å². The summed E-state index contributed by atoms with van der Waals surface area (Å²) in [5, 5.41) is 1.30. The lowest BCUT2D eigenvalue weighted by molar-refractivity contribution is 1.13. The van der Waals surface area contributed by atoms with Gasteiger partial charge in [0.1, 0.15) is 0 Å². The van der Waals surface area contributed by atoms with Crippen molar-refractivity contribution >= 4 is 45.2 Å². The minimum absolute atomic E-state index is 0.270. The maximum atomic E-state index is 12.2. The number of H-pyrrole nitrogens is 1. The highest BCUT2D eigenvalue weighted by atomic mass is 35.5. The fraction of sp³-hybridized carbons (Fsp3) is 0.0526. The molecule has 0 bridgehead atoms. The van der Waals surface area contributed by atoms with E-state index in [1.54, 1.807) is 24.3 Å². The maximum Gasteiger partial charge on any atom is 0.259 e. The van der Waals surface area contributed by atoms with E-state index in [-0.39, 0.29) is 5.56 Å². The van der Waals surface area contributed by atoms with Gasteiger partial charge in [-0.25, -0.2) is 4.98 Å². The molecule has 5 heteroatoms. The van der Waals surface area contributed by atoms with Gasteiger partial charge in [0, 0.05) is 5.02 Å². The van der Waals surface area contributed by atoms with E-state index in [1.807, 2.05) is 43.3 Å². The molecule has 0 aliphatic rings. The summed E-state index contributed by atoms with van der Waals surface area (Å²) < 4.78 is 0. The number of benzene rings is 2. The molecule has 120 valence electrons. The Morgan fingerprint density at radius 2 is 1.92 bits per heavy atom. The van der Waals surface area contributed by atoms with Crippen LogP contribution in [-0.4, -0.2) is 9.97 Å². The lowest BCUT2D eigenvalue weighted by atomic mass is 10.1. The second-order valence-electron chi connectivity index (χ2n) is 5.37. The molecule has 0 atom stereocenters. The Hall–Kier alpha value is -2.36. The van der Waals surface area contributed by atoms with E-state index >= 15 is 0 Å². The molecule has 1 N–H and O–H groups in total. The fourth-order valence-corrected chi connectivity index (χ4v) is 2.78. The summed E-state index contributed by atoms with van der Waals surface area (Å²) >= 11 is 12.2. The molecule has 3 aromatic rings. The van der Waals surface area contributed by atoms with Gasteiger partial charge in [-0.1, -0.05) is 59.6 Å². The first-order chi connectivity index (χ1) is 11.5. The van der Waals surface area contributed by atoms with Crippen LogP contribution in [0.4, 0.5) is 0 Å². The van der Waals surface area contributed by atoms with E-state index in [9.17, 15) is 4.79 Å². The molecule has 0 radical (unpaired) electrons. The van der Waals surface area contributed by atoms with Gasteiger partial charge in [-0.05, 0) is 42.3 Å². The molecular formula is C19H14Cl2N2O. The van der Waals surface area contributed by atoms with E-state index in [0.717, 1.165) is 11.1 Å². The predicted octanol–water partition coefficient (Wildman–Crippen LogP) is 5.26. The van der Waals surface area contributed by atoms with Crippen molar-refractivity contribution in [2.24, 2.45) is 0 Å². The van der Waals surface area contributed by atoms with Crippen LogP contribution in [0.15, 0.2) is 65.0 Å². The minimum atomic E-state index is -0.270. The number of halogens is 2. The number of allylic oxidation sites excluding steroid dienone is 2. The SMILES string of the molecule is CC(=C\c1ccccc1)/C=C(/Cl)c1nc2ccc(Cl)cc2c(=O)[nH]1. The molecule has 0 unspecified atom stereocenters. The zero-order valence-electron chi connectivity index (χ0n) is 12.9. The first kappa shape index (κ1) is 16.5. The second-order valence-corrected chi connectivity index (χ2v) is 6.21. The van der Waals surface area contributed by atoms with Crippen LogP contribution in [0.25, 0.3) is 22.0 Å². The van der Waals surface area contributed by atoms with Crippen molar-refractivity contribution in [2.45, 2.75) is 6.92 Å². The van der Waals surface area contributed by atoms with Crippen LogP contribution in [0.1, 0.15) is 18.3 Å². The average molecular weight is 357 g/mol. The molecule has 1 aromatic heterocycles. The van der Waals surface area contributed by atoms with Gasteiger partial charge in [-0.3, -0.25) is 4.79 Å². The number of hydrogen-bond acceptors (Lipinski definition) is 2. The lowest BCUT2D eigenvalue weighted by Gasteiger charge is -2.03. The van der Waals surface area contributed by atoms with Crippen molar-refractivity contribution in [3.63, 3.8) is 0 Å². The van der Waals surface area contributed by atoms with Gasteiger partial charge in [0.15, 0.2) is 5.82 Å². The number of fused-ring (bicyclic) bond motifs is 1. The molecule has 3 nitrogen and oxygen atoms in total. The molecule has 3 rings (SSSR count). The Balaban J connectivity index is 1.99. The maximum absolute atomic E-state index is 12.2. The monoisotopic (exact) mass is 356 g/mol. The highest BCUT2D eigenvalue weighted by molar-refractivity contribution is 6.48. The van der Waals surface area contributed by atoms with E-state index < -0.39 is 0 Å². The summed E-state index contributed by atoms with van der Waals surface area (Å²) in [6.45, 7) is 1.94. The molecule has 0 amide bonds. The number of aromatic nitrogens is 2. The van der Waals surface area contributed by atoms with E-state index in [4.69, 9.17) is 23.2 Å². The predicted molar refractivity (Wildman–Crippen MR) is 101 cm³/mol. The highest BCUT2D eigenvalue weighted by Gasteiger charge is 2.07. The van der Waals surface area contributed by atoms with Gasteiger partial charge < -0.3 is 4.98 Å². The van der Waals surface area contributed by atoms with Crippen LogP contribution < -0.4 is 5.56 Å². The van der Waals surface area contributed by atoms with Crippen LogP contribution in [0, 0.1) is 0 Å². The summed E-state index contributed by atoms with van der Waals surface area (Å²) in [6.07, 6.45) is 3.77. The zero-order valence-corrected chi connectivity index (χ0v) is 14.4. The summed E-state index contributed by atoms with van der Waals surface area (Å²) in [5.74, 6) is 0.331. The lowest BCUT2D eigenvalue weighted by Crippen LogP contribution is -2.10. The van der Waals surface area contributed by atoms with Crippen molar-refractivity contribution in [1.29, 1.82) is 0 Å². The summed E-state index contributed by atoms with van der Waals surface area (Å²) in [5.41, 5.74) is 2.30. The minimum Gasteiger partial charge on any atom is -0.305 e. The third kappa shape index (κ3) is 3.75. The smallest absolute Gasteiger partial charge is 0.259 e. The molecule has 0 spiro atoms. The molecule has 0 aliphatic heterocycles. The highest BCUT2D eigenvalue weighted by Crippen LogP contribution is 2.20. The first-order valence-corrected chi connectivity index (χ1v) is 8.09. The number of nitrogens with one attached hydrogen (secondary N) is 1. The van der Waals surface area contributed by atoms with Gasteiger partial charge in [0.05, 0.1) is 15.9 Å². The molecule has 0 aliphatic carbocycles. The second kappa shape index (κ2) is 7.04. The van der Waals surface area contributed by atoms with Crippen molar-refractivity contribution in [3.05, 3.63) is 86.9 Å². The van der Waals surface area contributed by atoms with Gasteiger partial charge in [0.25, 0.3) is 5.56 Å². The zero-order chi connectivity index (χ0) is 17.1. The van der Waals surface area contributed by atoms with E-state index in [1.165, 1.54) is 0 Å². The van der Waals surface area contributed by atoms with Crippen LogP contribution in [0.2, 0.25) is 5.02 Å². The molecule has 0 fully saturated rings. The summed E-state index contributed by atoms with van der Waals surface area (Å²) in [7, 11) is 0. The third-order valence-corrected chi connectivity index (χ3v) is 3.97. The van der Waals surface area contributed by atoms with Crippen molar-refractivity contribution in [1.82, 2.24) is 9.97 Å². The van der Waals surface area contributed by atoms with Gasteiger partial charge in [-0.2, -0.15) is 0 Å². The standard InChI is InChI=1S/C19H14Cl2N2O/c1-12(9-13-5-3-2-4-6-13)10-16(21)18-22-17-8-7-14(20)11-15(17)19(24)23-18/h2-11H,1H3,(H,22,23,24)/b12-9+,16-10+. The quantitative estimate of drug-likeness (QED) is 0.650. The summed E-state index contributed by atoms with van der Waals surface area (Å²) in [6, 6.07) is 14.9. The number of nitrogens with zero attached hydrogens (tertiary/aromatic N) is 1. The molecule has 2 aromatic carbocycles. The number of aromatic amines is 1. The van der Waals surface area contributed by atoms with Crippen molar-refractivity contribution in [3.8, 4) is 0 Å². The largest absolute Gasteiger partial charge is 0.305 e.